The van der Waals surface area contributed by atoms with Gasteiger partial charge in [-0.05, 0) is 59.5 Å². The van der Waals surface area contributed by atoms with Crippen LogP contribution in [0.4, 0.5) is 0 Å². The first-order chi connectivity index (χ1) is 14.5. The highest BCUT2D eigenvalue weighted by atomic mass is 28.3. The molecule has 0 fully saturated rings. The molecule has 2 aromatic rings. The lowest BCUT2D eigenvalue weighted by atomic mass is 10.00. The Labute approximate surface area is 185 Å². The second-order valence-corrected chi connectivity index (χ2v) is 13.9. The average molecular weight is 421 g/mol. The van der Waals surface area contributed by atoms with Gasteiger partial charge in [-0.25, -0.2) is 0 Å². The minimum absolute atomic E-state index is 1.10. The van der Waals surface area contributed by atoms with Crippen LogP contribution in [-0.2, 0) is 19.3 Å². The third-order valence-electron chi connectivity index (χ3n) is 6.79. The fraction of sp³-hybridized carbons (Fsp3) is 0.500. The van der Waals surface area contributed by atoms with Gasteiger partial charge < -0.3 is 4.74 Å². The quantitative estimate of drug-likeness (QED) is 0.275. The van der Waals surface area contributed by atoms with Crippen molar-refractivity contribution >= 4 is 19.3 Å². The third kappa shape index (κ3) is 5.08. The van der Waals surface area contributed by atoms with Crippen LogP contribution in [0.3, 0.4) is 0 Å². The van der Waals surface area contributed by atoms with E-state index in [4.69, 9.17) is 4.74 Å². The van der Waals surface area contributed by atoms with E-state index in [1.165, 1.54) is 78.1 Å². The summed E-state index contributed by atoms with van der Waals surface area (Å²) < 4.78 is 6.12. The van der Waals surface area contributed by atoms with E-state index in [0.29, 0.717) is 0 Å². The minimum Gasteiger partial charge on any atom is -0.497 e. The second kappa shape index (κ2) is 10.5. The van der Waals surface area contributed by atoms with E-state index in [1.54, 1.807) is 5.20 Å². The van der Waals surface area contributed by atoms with Gasteiger partial charge in [-0.2, -0.15) is 0 Å². The Hall–Kier alpha value is -1.80. The van der Waals surface area contributed by atoms with Gasteiger partial charge in [-0.15, -0.1) is 0 Å². The van der Waals surface area contributed by atoms with E-state index >= 15 is 0 Å². The summed E-state index contributed by atoms with van der Waals surface area (Å²) in [6.45, 7) is 9.61. The van der Waals surface area contributed by atoms with Crippen LogP contribution in [0.1, 0.15) is 74.6 Å². The maximum Gasteiger partial charge on any atom is 0.121 e. The van der Waals surface area contributed by atoms with Crippen molar-refractivity contribution in [3.8, 4) is 5.75 Å². The molecule has 1 aliphatic rings. The molecule has 0 bridgehead atoms. The first-order valence-electron chi connectivity index (χ1n) is 12.0. The van der Waals surface area contributed by atoms with Crippen LogP contribution in [0.5, 0.6) is 5.75 Å². The molecule has 0 unspecified atom stereocenters. The Morgan fingerprint density at radius 1 is 0.900 bits per heavy atom. The number of fused-ring (bicyclic) bond motifs is 1. The molecule has 1 aliphatic carbocycles. The largest absolute Gasteiger partial charge is 0.497 e. The highest BCUT2D eigenvalue weighted by molar-refractivity contribution is 6.96. The lowest BCUT2D eigenvalue weighted by molar-refractivity contribution is 0.412. The van der Waals surface area contributed by atoms with Crippen LogP contribution in [0.2, 0.25) is 13.1 Å². The molecule has 0 aromatic heterocycles. The van der Waals surface area contributed by atoms with Gasteiger partial charge in [0.15, 0.2) is 0 Å². The fourth-order valence-electron chi connectivity index (χ4n) is 4.79. The molecule has 0 heterocycles. The predicted octanol–water partition coefficient (Wildman–Crippen LogP) is 7.25. The molecule has 1 nitrogen and oxygen atoms in total. The maximum absolute atomic E-state index is 6.12. The van der Waals surface area contributed by atoms with E-state index in [1.807, 2.05) is 7.11 Å². The molecule has 0 spiro atoms. The summed E-state index contributed by atoms with van der Waals surface area (Å²) in [5.41, 5.74) is 5.85. The Balaban J connectivity index is 2.00. The molecule has 0 aliphatic heterocycles. The molecule has 0 saturated carbocycles. The smallest absolute Gasteiger partial charge is 0.121 e. The molecule has 162 valence electrons. The molecular formula is C28H40OSi. The van der Waals surface area contributed by atoms with Crippen LogP contribution in [0.15, 0.2) is 41.6 Å². The molecule has 0 amide bonds. The number of hydrogen-bond donors (Lipinski definition) is 0. The topological polar surface area (TPSA) is 9.23 Å². The molecule has 0 atom stereocenters. The predicted molar refractivity (Wildman–Crippen MR) is 135 cm³/mol. The zero-order valence-corrected chi connectivity index (χ0v) is 20.8. The molecule has 0 saturated heterocycles. The number of unbranched alkanes of at least 4 members (excludes halogenated alkanes) is 4. The highest BCUT2D eigenvalue weighted by Crippen LogP contribution is 2.34. The van der Waals surface area contributed by atoms with Crippen LogP contribution in [0, 0.1) is 0 Å². The van der Waals surface area contributed by atoms with Crippen LogP contribution >= 0.6 is 0 Å². The van der Waals surface area contributed by atoms with Crippen LogP contribution < -0.4 is 9.92 Å². The Kier molecular flexibility index (Phi) is 7.99. The summed E-state index contributed by atoms with van der Waals surface area (Å²) in [5.74, 6) is 1.18. The van der Waals surface area contributed by atoms with Crippen molar-refractivity contribution in [1.82, 2.24) is 0 Å². The summed E-state index contributed by atoms with van der Waals surface area (Å²) in [4.78, 5) is 0. The van der Waals surface area contributed by atoms with Crippen molar-refractivity contribution in [3.05, 3.63) is 63.8 Å². The molecule has 2 heteroatoms. The summed E-state index contributed by atoms with van der Waals surface area (Å²) >= 11 is 0. The number of ether oxygens (including phenoxy) is 1. The van der Waals surface area contributed by atoms with Crippen LogP contribution in [-0.4, -0.2) is 15.2 Å². The number of hydrogen-bond acceptors (Lipinski definition) is 1. The van der Waals surface area contributed by atoms with E-state index in [-0.39, 0.29) is 0 Å². The minimum atomic E-state index is -1.83. The van der Waals surface area contributed by atoms with Gasteiger partial charge in [0.2, 0.25) is 0 Å². The van der Waals surface area contributed by atoms with Gasteiger partial charge in [0, 0.05) is 0 Å². The van der Waals surface area contributed by atoms with Crippen molar-refractivity contribution in [1.29, 1.82) is 0 Å². The van der Waals surface area contributed by atoms with Gasteiger partial charge in [-0.1, -0.05) is 100 Å². The number of allylic oxidation sites excluding steroid dienone is 1. The molecule has 0 N–H and O–H groups in total. The Morgan fingerprint density at radius 3 is 2.27 bits per heavy atom. The second-order valence-electron chi connectivity index (χ2n) is 9.42. The zero-order chi connectivity index (χ0) is 21.6. The fourth-order valence-corrected chi connectivity index (χ4v) is 7.66. The number of aryl methyl sites for hydroxylation is 2. The number of benzene rings is 2. The molecular weight excluding hydrogens is 380 g/mol. The monoisotopic (exact) mass is 420 g/mol. The SMILES string of the molecule is CCCCCc1cc(CCCCC)c(OC)c([Si](C)(C)C2=Cc3ccccc3C2)c1. The van der Waals surface area contributed by atoms with E-state index < -0.39 is 8.07 Å². The average Bonchev–Trinajstić information content (AvgIpc) is 3.19. The molecule has 2 aromatic carbocycles. The van der Waals surface area contributed by atoms with E-state index in [2.05, 4.69) is 69.4 Å². The van der Waals surface area contributed by atoms with Gasteiger partial charge in [0.1, 0.15) is 13.8 Å². The Bertz CT molecular complexity index is 878. The van der Waals surface area contributed by atoms with Crippen molar-refractivity contribution in [2.24, 2.45) is 0 Å². The first-order valence-corrected chi connectivity index (χ1v) is 15.0. The summed E-state index contributed by atoms with van der Waals surface area (Å²) in [5, 5.41) is 3.14. The zero-order valence-electron chi connectivity index (χ0n) is 19.8. The Morgan fingerprint density at radius 2 is 1.60 bits per heavy atom. The number of rotatable bonds is 11. The lowest BCUT2D eigenvalue weighted by Crippen LogP contribution is -2.45. The standard InChI is InChI=1S/C28H40OSi/c1-6-8-10-14-22-18-25(17-11-9-7-2)28(29-3)27(19-22)30(4,5)26-20-23-15-12-13-16-24(23)21-26/h12-13,15-16,18-20H,6-11,14,17,21H2,1-5H3. The van der Waals surface area contributed by atoms with Crippen molar-refractivity contribution < 1.29 is 4.74 Å². The van der Waals surface area contributed by atoms with Gasteiger partial charge in [0.25, 0.3) is 0 Å². The first kappa shape index (κ1) is 22.9. The van der Waals surface area contributed by atoms with Crippen LogP contribution in [0.25, 0.3) is 6.08 Å². The molecule has 3 rings (SSSR count). The summed E-state index contributed by atoms with van der Waals surface area (Å²) in [6, 6.07) is 13.8. The normalized spacial score (nSPS) is 13.3. The summed E-state index contributed by atoms with van der Waals surface area (Å²) in [7, 11) is 0.0448. The molecule has 0 radical (unpaired) electrons. The highest BCUT2D eigenvalue weighted by Gasteiger charge is 2.34. The van der Waals surface area contributed by atoms with Crippen molar-refractivity contribution in [3.63, 3.8) is 0 Å². The maximum atomic E-state index is 6.12. The van der Waals surface area contributed by atoms with E-state index in [9.17, 15) is 0 Å². The van der Waals surface area contributed by atoms with Crippen molar-refractivity contribution in [2.75, 3.05) is 7.11 Å². The van der Waals surface area contributed by atoms with Gasteiger partial charge in [-0.3, -0.25) is 0 Å². The molecule has 30 heavy (non-hydrogen) atoms. The third-order valence-corrected chi connectivity index (χ3v) is 10.4. The van der Waals surface area contributed by atoms with Gasteiger partial charge in [0.05, 0.1) is 7.11 Å². The lowest BCUT2D eigenvalue weighted by Gasteiger charge is -2.29. The summed E-state index contributed by atoms with van der Waals surface area (Å²) in [6.07, 6.45) is 13.6. The van der Waals surface area contributed by atoms with E-state index in [0.717, 1.165) is 12.8 Å². The number of methoxy groups -OCH3 is 1. The van der Waals surface area contributed by atoms with Crippen molar-refractivity contribution in [2.45, 2.75) is 84.7 Å². The van der Waals surface area contributed by atoms with Gasteiger partial charge >= 0.3 is 0 Å².